The molecule has 0 rings (SSSR count). The first-order chi connectivity index (χ1) is 2.77. The van der Waals surface area contributed by atoms with Crippen LogP contribution in [0, 0.1) is 10.7 Å². The summed E-state index contributed by atoms with van der Waals surface area (Å²) in [5.41, 5.74) is 5.94. The maximum atomic E-state index is 9.31. The molecule has 0 saturated heterocycles. The minimum Gasteiger partial charge on any atom is -0.594 e. The van der Waals surface area contributed by atoms with Gasteiger partial charge in [-0.3, -0.25) is 0 Å². The molecule has 0 bridgehead atoms. The van der Waals surface area contributed by atoms with Crippen molar-refractivity contribution in [3.05, 3.63) is 11.4 Å². The lowest BCUT2D eigenvalue weighted by Crippen LogP contribution is -1.80. The van der Waals surface area contributed by atoms with Gasteiger partial charge in [0.15, 0.2) is 5.94 Å². The monoisotopic (exact) mass is 86.0 g/mol. The van der Waals surface area contributed by atoms with Crippen LogP contribution < -0.4 is 0 Å². The van der Waals surface area contributed by atoms with Crippen LogP contribution in [0.1, 0.15) is 0 Å². The van der Waals surface area contributed by atoms with Crippen LogP contribution in [0.4, 0.5) is 0 Å². The number of hydrogen-bond donors (Lipinski definition) is 1. The molecule has 0 amide bonds. The van der Waals surface area contributed by atoms with Gasteiger partial charge < -0.3 is 5.21 Å². The first kappa shape index (κ1) is 4.85. The third kappa shape index (κ3) is 2.85. The van der Waals surface area contributed by atoms with Gasteiger partial charge in [0.25, 0.3) is 6.20 Å². The zero-order chi connectivity index (χ0) is 4.99. The molecule has 0 saturated carbocycles. The van der Waals surface area contributed by atoms with Crippen LogP contribution in [0.25, 0.3) is 0 Å². The van der Waals surface area contributed by atoms with Crippen molar-refractivity contribution in [1.82, 2.24) is 0 Å². The molecule has 1 N–H and O–H groups in total. The van der Waals surface area contributed by atoms with Crippen LogP contribution in [0.15, 0.2) is 6.20 Å². The molecule has 0 fully saturated rings. The average Bonchev–Trinajstić information content (AvgIpc) is 1.35. The van der Waals surface area contributed by atoms with Crippen molar-refractivity contribution in [2.24, 2.45) is 0 Å². The van der Waals surface area contributed by atoms with Crippen molar-refractivity contribution < 1.29 is 9.66 Å². The van der Waals surface area contributed by atoms with Crippen molar-refractivity contribution in [3.8, 4) is 0 Å². The van der Waals surface area contributed by atoms with Gasteiger partial charge in [0.1, 0.15) is 0 Å². The number of rotatable bonds is 1. The van der Waals surface area contributed by atoms with Crippen LogP contribution in [0.2, 0.25) is 0 Å². The summed E-state index contributed by atoms with van der Waals surface area (Å²) >= 11 is 0. The molecule has 0 aliphatic carbocycles. The molecule has 0 unspecified atom stereocenters. The van der Waals surface area contributed by atoms with E-state index in [1.54, 1.807) is 0 Å². The Bertz CT molecular complexity index is 102. The summed E-state index contributed by atoms with van der Waals surface area (Å²) in [6, 6.07) is 0. The number of hydrogen-bond acceptors (Lipinski definition) is 3. The fraction of sp³-hybridized carbons (Fsp3) is 0. The molecule has 0 aromatic carbocycles. The van der Waals surface area contributed by atoms with E-state index >= 15 is 0 Å². The van der Waals surface area contributed by atoms with E-state index in [9.17, 15) is 5.21 Å². The summed E-state index contributed by atoms with van der Waals surface area (Å²) < 4.78 is 0. The van der Waals surface area contributed by atoms with Crippen molar-refractivity contribution in [3.63, 3.8) is 0 Å². The first-order valence-electron chi connectivity index (χ1n) is 1.16. The number of nitrogens with one attached hydrogen (secondary N) is 1. The summed E-state index contributed by atoms with van der Waals surface area (Å²) in [5, 5.41) is 9.31. The molecule has 0 aliphatic rings. The van der Waals surface area contributed by atoms with Crippen molar-refractivity contribution >= 4 is 5.94 Å². The Kier molecular flexibility index (Phi) is 1.71. The lowest BCUT2D eigenvalue weighted by atomic mass is 11.0. The van der Waals surface area contributed by atoms with Gasteiger partial charge in [-0.2, -0.15) is 0 Å². The Balaban J connectivity index is 3.60. The highest BCUT2D eigenvalue weighted by molar-refractivity contribution is 5.41. The number of hydroxylamine groups is 1. The lowest BCUT2D eigenvalue weighted by molar-refractivity contribution is -0.479. The van der Waals surface area contributed by atoms with Crippen LogP contribution in [0.3, 0.4) is 0 Å². The molecule has 0 atom stereocenters. The summed E-state index contributed by atoms with van der Waals surface area (Å²) in [4.78, 5) is 8.70. The second-order valence-corrected chi connectivity index (χ2v) is 0.573. The Morgan fingerprint density at radius 3 is 2.50 bits per heavy atom. The standard InChI is InChI=1S/C2H2N2O2/c3-4(6)1-2-5/h1,3H. The minimum atomic E-state index is -0.368. The van der Waals surface area contributed by atoms with E-state index in [0.717, 1.165) is 5.94 Å². The molecule has 4 heteroatoms. The van der Waals surface area contributed by atoms with Crippen LogP contribution in [0.5, 0.6) is 0 Å². The molecule has 0 heterocycles. The number of carbonyl (C=O) groups excluding carboxylic acids is 1. The molecule has 0 spiro atoms. The maximum Gasteiger partial charge on any atom is 0.291 e. The second-order valence-electron chi connectivity index (χ2n) is 0.573. The van der Waals surface area contributed by atoms with Gasteiger partial charge in [0.2, 0.25) is 0 Å². The molecule has 0 radical (unpaired) electrons. The van der Waals surface area contributed by atoms with Gasteiger partial charge in [-0.1, -0.05) is 4.86 Å². The number of nitrogens with zero attached hydrogens (tertiary/aromatic N) is 1. The largest absolute Gasteiger partial charge is 0.594 e. The molecule has 4 nitrogen and oxygen atoms in total. The van der Waals surface area contributed by atoms with Gasteiger partial charge in [-0.15, -0.1) is 0 Å². The maximum absolute atomic E-state index is 9.31. The van der Waals surface area contributed by atoms with E-state index in [1.807, 2.05) is 0 Å². The van der Waals surface area contributed by atoms with Gasteiger partial charge in [-0.25, -0.2) is 4.79 Å². The van der Waals surface area contributed by atoms with Crippen molar-refractivity contribution in [1.29, 1.82) is 5.53 Å². The molecule has 0 aromatic heterocycles. The summed E-state index contributed by atoms with van der Waals surface area (Å²) in [6.07, 6.45) is 0.431. The Labute approximate surface area is 33.8 Å². The van der Waals surface area contributed by atoms with E-state index < -0.39 is 0 Å². The Morgan fingerprint density at radius 1 is 2.00 bits per heavy atom. The zero-order valence-electron chi connectivity index (χ0n) is 2.84. The van der Waals surface area contributed by atoms with Gasteiger partial charge in [0.05, 0.1) is 0 Å². The van der Waals surface area contributed by atoms with E-state index in [4.69, 9.17) is 10.3 Å². The smallest absolute Gasteiger partial charge is 0.291 e. The SMILES string of the molecule is N=[N+]([O-])C=C=O. The predicted molar refractivity (Wildman–Crippen MR) is 16.6 cm³/mol. The van der Waals surface area contributed by atoms with E-state index in [2.05, 4.69) is 0 Å². The van der Waals surface area contributed by atoms with Crippen LogP contribution >= 0.6 is 0 Å². The molecule has 32 valence electrons. The van der Waals surface area contributed by atoms with E-state index in [1.165, 1.54) is 0 Å². The molecule has 0 aromatic rings. The van der Waals surface area contributed by atoms with Gasteiger partial charge in [-0.05, 0) is 5.53 Å². The summed E-state index contributed by atoms with van der Waals surface area (Å²) in [5.74, 6) is 1.12. The fourth-order valence-electron chi connectivity index (χ4n) is 0.0479. The highest BCUT2D eigenvalue weighted by Gasteiger charge is 1.69. The van der Waals surface area contributed by atoms with E-state index in [0.29, 0.717) is 6.20 Å². The third-order valence-corrected chi connectivity index (χ3v) is 0.170. The average molecular weight is 86.0 g/mol. The van der Waals surface area contributed by atoms with E-state index in [-0.39, 0.29) is 4.86 Å². The highest BCUT2D eigenvalue weighted by Crippen LogP contribution is 1.57. The quantitative estimate of drug-likeness (QED) is 0.209. The topological polar surface area (TPSA) is 67.0 Å². The fourth-order valence-corrected chi connectivity index (χ4v) is 0.0479. The second kappa shape index (κ2) is 2.11. The molecular weight excluding hydrogens is 84.0 g/mol. The van der Waals surface area contributed by atoms with Crippen LogP contribution in [-0.4, -0.2) is 10.8 Å². The molecular formula is C2H2N2O2. The lowest BCUT2D eigenvalue weighted by Gasteiger charge is -1.77. The normalized spacial score (nSPS) is 6.00. The van der Waals surface area contributed by atoms with Crippen molar-refractivity contribution in [2.75, 3.05) is 0 Å². The zero-order valence-corrected chi connectivity index (χ0v) is 2.84. The third-order valence-electron chi connectivity index (χ3n) is 0.170. The highest BCUT2D eigenvalue weighted by atomic mass is 16.5. The van der Waals surface area contributed by atoms with Gasteiger partial charge in [0, 0.05) is 0 Å². The minimum absolute atomic E-state index is 0.368. The Hall–Kier alpha value is -1.15. The molecule has 0 aliphatic heterocycles. The van der Waals surface area contributed by atoms with Crippen molar-refractivity contribution in [2.45, 2.75) is 0 Å². The summed E-state index contributed by atoms with van der Waals surface area (Å²) in [6.45, 7) is 0. The van der Waals surface area contributed by atoms with Crippen LogP contribution in [-0.2, 0) is 4.79 Å². The molecule has 6 heavy (non-hydrogen) atoms. The first-order valence-corrected chi connectivity index (χ1v) is 1.16. The Morgan fingerprint density at radius 2 is 2.50 bits per heavy atom. The van der Waals surface area contributed by atoms with Gasteiger partial charge >= 0.3 is 0 Å². The predicted octanol–water partition coefficient (Wildman–Crippen LogP) is -0.127. The summed E-state index contributed by atoms with van der Waals surface area (Å²) in [7, 11) is 0.